The molecule has 14 heteroatoms. The Morgan fingerprint density at radius 2 is 1.94 bits per heavy atom. The van der Waals surface area contributed by atoms with Crippen LogP contribution in [0, 0.1) is 12.3 Å². The molecule has 32 heavy (non-hydrogen) atoms. The number of aryl methyl sites for hydroxylation is 1. The minimum Gasteiger partial charge on any atom is -0.368 e. The number of hydrogen-bond acceptors (Lipinski definition) is 6. The zero-order chi connectivity index (χ0) is 24.1. The Balaban J connectivity index is 2.30. The third kappa shape index (κ3) is 6.85. The largest absolute Gasteiger partial charge is 0.368 e. The van der Waals surface area contributed by atoms with Crippen LogP contribution in [-0.4, -0.2) is 31.5 Å². The molecule has 0 radical (unpaired) electrons. The van der Waals surface area contributed by atoms with Crippen molar-refractivity contribution in [2.75, 3.05) is 11.3 Å². The van der Waals surface area contributed by atoms with Crippen molar-refractivity contribution < 1.29 is 18.0 Å². The smallest absolute Gasteiger partial charge is 0.275 e. The minimum atomic E-state index is -4.03. The van der Waals surface area contributed by atoms with Crippen molar-refractivity contribution in [2.45, 2.75) is 25.1 Å². The Labute approximate surface area is 194 Å². The normalized spacial score (nSPS) is 12.2. The van der Waals surface area contributed by atoms with Gasteiger partial charge >= 0.3 is 0 Å². The average molecular weight is 505 g/mol. The molecule has 1 heterocycles. The topological polar surface area (TPSA) is 182 Å². The van der Waals surface area contributed by atoms with Gasteiger partial charge in [0.25, 0.3) is 5.56 Å². The molecule has 0 aliphatic rings. The molecule has 2 rings (SSSR count). The fraction of sp³-hybridized carbons (Fsp3) is 0.278. The monoisotopic (exact) mass is 504 g/mol. The number of halogens is 2. The zero-order valence-corrected chi connectivity index (χ0v) is 19.2. The van der Waals surface area contributed by atoms with Crippen molar-refractivity contribution in [3.8, 4) is 0 Å². The molecule has 1 aromatic heterocycles. The molecule has 0 fully saturated rings. The fourth-order valence-corrected chi connectivity index (χ4v) is 4.63. The van der Waals surface area contributed by atoms with Crippen LogP contribution in [0.2, 0.25) is 10.0 Å². The van der Waals surface area contributed by atoms with Gasteiger partial charge in [0.1, 0.15) is 11.7 Å². The summed E-state index contributed by atoms with van der Waals surface area (Å²) in [4.78, 5) is 29.9. The molecular formula is C18H22Cl2N6O5S. The number of carbonyl (C=O) groups excluding carboxylic acids is 1. The van der Waals surface area contributed by atoms with Gasteiger partial charge in [-0.3, -0.25) is 29.1 Å². The number of guanidine groups is 1. The quantitative estimate of drug-likeness (QED) is 0.139. The van der Waals surface area contributed by atoms with Crippen LogP contribution in [0.5, 0.6) is 0 Å². The number of nitrogens with one attached hydrogen (secondary N) is 3. The summed E-state index contributed by atoms with van der Waals surface area (Å²) < 4.78 is 28.6. The van der Waals surface area contributed by atoms with Gasteiger partial charge in [-0.25, -0.2) is 13.9 Å². The number of rotatable bonds is 10. The molecule has 7 N–H and O–H groups in total. The maximum Gasteiger partial charge on any atom is 0.275 e. The van der Waals surface area contributed by atoms with Crippen molar-refractivity contribution in [3.63, 3.8) is 0 Å². The molecule has 0 saturated carbocycles. The van der Waals surface area contributed by atoms with Crippen molar-refractivity contribution in [2.24, 2.45) is 11.5 Å². The van der Waals surface area contributed by atoms with E-state index in [0.29, 0.717) is 16.3 Å². The van der Waals surface area contributed by atoms with Crippen LogP contribution in [0.4, 0.5) is 5.69 Å². The number of hydrogen-bond donors (Lipinski definition) is 5. The van der Waals surface area contributed by atoms with Gasteiger partial charge in [-0.1, -0.05) is 29.3 Å². The lowest BCUT2D eigenvalue weighted by Gasteiger charge is -2.20. The molecule has 174 valence electrons. The number of carbonyl (C=O) groups is 1. The number of aromatic nitrogens is 1. The summed E-state index contributed by atoms with van der Waals surface area (Å²) in [5.41, 5.74) is 12.3. The van der Waals surface area contributed by atoms with Gasteiger partial charge in [-0.15, -0.1) is 0 Å². The highest BCUT2D eigenvalue weighted by Crippen LogP contribution is 2.23. The van der Waals surface area contributed by atoms with Gasteiger partial charge in [0.2, 0.25) is 21.9 Å². The highest BCUT2D eigenvalue weighted by atomic mass is 35.5. The summed E-state index contributed by atoms with van der Waals surface area (Å²) in [5, 5.41) is 7.54. The highest BCUT2D eigenvalue weighted by Gasteiger charge is 2.23. The fourth-order valence-electron chi connectivity index (χ4n) is 2.86. The van der Waals surface area contributed by atoms with Gasteiger partial charge in [0.15, 0.2) is 0 Å². The lowest BCUT2D eigenvalue weighted by molar-refractivity contribution is -0.122. The molecule has 0 spiro atoms. The van der Waals surface area contributed by atoms with E-state index in [-0.39, 0.29) is 23.7 Å². The van der Waals surface area contributed by atoms with Crippen LogP contribution in [0.3, 0.4) is 0 Å². The number of nitrogens with two attached hydrogens (primary N) is 2. The Bertz CT molecular complexity index is 1180. The lowest BCUT2D eigenvalue weighted by Crippen LogP contribution is -2.38. The maximum atomic E-state index is 13.0. The van der Waals surface area contributed by atoms with Crippen LogP contribution in [0.1, 0.15) is 23.7 Å². The molecule has 0 aliphatic carbocycles. The second-order valence-electron chi connectivity index (χ2n) is 6.73. The van der Waals surface area contributed by atoms with Crippen LogP contribution >= 0.6 is 23.2 Å². The first-order valence-corrected chi connectivity index (χ1v) is 11.5. The molecule has 1 atom stereocenters. The van der Waals surface area contributed by atoms with Gasteiger partial charge in [-0.05, 0) is 36.8 Å². The summed E-state index contributed by atoms with van der Waals surface area (Å²) in [6.45, 7) is 1.46. The number of hydroxylamine groups is 1. The van der Waals surface area contributed by atoms with Crippen molar-refractivity contribution >= 4 is 50.8 Å². The number of benzene rings is 1. The molecule has 0 saturated heterocycles. The molecule has 0 bridgehead atoms. The SMILES string of the molecule is Cc1ccc(NS(=O)(=O)Cc2ccc(Cl)cc2Cl)c(=O)n1C(CCONC(=N)N)C(N)=O. The van der Waals surface area contributed by atoms with E-state index in [1.54, 1.807) is 6.92 Å². The Morgan fingerprint density at radius 1 is 1.25 bits per heavy atom. The number of sulfonamides is 1. The van der Waals surface area contributed by atoms with E-state index < -0.39 is 39.2 Å². The molecule has 11 nitrogen and oxygen atoms in total. The number of pyridine rings is 1. The highest BCUT2D eigenvalue weighted by molar-refractivity contribution is 7.91. The summed E-state index contributed by atoms with van der Waals surface area (Å²) in [6, 6.07) is 6.01. The third-order valence-electron chi connectivity index (χ3n) is 4.26. The van der Waals surface area contributed by atoms with Gasteiger partial charge < -0.3 is 11.5 Å². The van der Waals surface area contributed by atoms with Gasteiger partial charge in [-0.2, -0.15) is 0 Å². The molecule has 2 aromatic rings. The number of amides is 1. The van der Waals surface area contributed by atoms with E-state index >= 15 is 0 Å². The van der Waals surface area contributed by atoms with E-state index in [2.05, 4.69) is 10.2 Å². The van der Waals surface area contributed by atoms with Gasteiger partial charge in [0, 0.05) is 22.2 Å². The van der Waals surface area contributed by atoms with E-state index in [4.69, 9.17) is 44.9 Å². The van der Waals surface area contributed by atoms with E-state index in [0.717, 1.165) is 4.57 Å². The molecule has 0 aliphatic heterocycles. The van der Waals surface area contributed by atoms with E-state index in [9.17, 15) is 18.0 Å². The lowest BCUT2D eigenvalue weighted by atomic mass is 10.1. The van der Waals surface area contributed by atoms with Crippen LogP contribution < -0.4 is 27.2 Å². The van der Waals surface area contributed by atoms with Crippen molar-refractivity contribution in [1.29, 1.82) is 5.41 Å². The predicted molar refractivity (Wildman–Crippen MR) is 122 cm³/mol. The Hall–Kier alpha value is -2.80. The minimum absolute atomic E-state index is 0.0348. The van der Waals surface area contributed by atoms with E-state index in [1.807, 2.05) is 0 Å². The molecular weight excluding hydrogens is 483 g/mol. The Morgan fingerprint density at radius 3 is 2.53 bits per heavy atom. The second kappa shape index (κ2) is 10.7. The van der Waals surface area contributed by atoms with Gasteiger partial charge in [0.05, 0.1) is 12.4 Å². The zero-order valence-electron chi connectivity index (χ0n) is 16.9. The summed E-state index contributed by atoms with van der Waals surface area (Å²) in [5.74, 6) is -1.76. The first kappa shape index (κ1) is 25.5. The molecule has 1 amide bonds. The first-order chi connectivity index (χ1) is 14.9. The maximum absolute atomic E-state index is 13.0. The standard InChI is InChI=1S/C18H22Cl2N6O5S/c1-10-2-5-14(25-32(29,30)9-11-3-4-12(19)8-13(11)20)17(28)26(10)15(16(21)27)6-7-31-24-18(22)23/h2-5,8,15,25H,6-7,9H2,1H3,(H2,21,27)(H4,22,23,24). The van der Waals surface area contributed by atoms with Crippen LogP contribution in [0.25, 0.3) is 0 Å². The number of anilines is 1. The number of primary amides is 1. The predicted octanol–water partition coefficient (Wildman–Crippen LogP) is 1.24. The number of nitrogens with zero attached hydrogens (tertiary/aromatic N) is 1. The van der Waals surface area contributed by atoms with Crippen LogP contribution in [-0.2, 0) is 25.4 Å². The van der Waals surface area contributed by atoms with Crippen molar-refractivity contribution in [1.82, 2.24) is 10.0 Å². The second-order valence-corrected chi connectivity index (χ2v) is 9.30. The first-order valence-electron chi connectivity index (χ1n) is 9.09. The van der Waals surface area contributed by atoms with Crippen LogP contribution in [0.15, 0.2) is 35.1 Å². The average Bonchev–Trinajstić information content (AvgIpc) is 2.67. The summed E-state index contributed by atoms with van der Waals surface area (Å²) >= 11 is 11.9. The third-order valence-corrected chi connectivity index (χ3v) is 6.07. The molecule has 1 unspecified atom stereocenters. The van der Waals surface area contributed by atoms with E-state index in [1.165, 1.54) is 30.3 Å². The van der Waals surface area contributed by atoms with Crippen molar-refractivity contribution in [3.05, 3.63) is 62.0 Å². The summed E-state index contributed by atoms with van der Waals surface area (Å²) in [7, 11) is -4.03. The Kier molecular flexibility index (Phi) is 8.50. The molecule has 1 aromatic carbocycles. The summed E-state index contributed by atoms with van der Waals surface area (Å²) in [6.07, 6.45) is -0.0348.